The van der Waals surface area contributed by atoms with Crippen LogP contribution in [-0.2, 0) is 6.54 Å². The van der Waals surface area contributed by atoms with Crippen molar-refractivity contribution >= 4 is 5.69 Å². The summed E-state index contributed by atoms with van der Waals surface area (Å²) >= 11 is 0. The van der Waals surface area contributed by atoms with Crippen molar-refractivity contribution in [2.24, 2.45) is 5.92 Å². The molecule has 1 N–H and O–H groups in total. The highest BCUT2D eigenvalue weighted by atomic mass is 16.6. The quantitative estimate of drug-likeness (QED) is 0.610. The Labute approximate surface area is 102 Å². The lowest BCUT2D eigenvalue weighted by Gasteiger charge is -2.15. The molecule has 1 aromatic rings. The third-order valence-electron chi connectivity index (χ3n) is 2.60. The van der Waals surface area contributed by atoms with E-state index in [2.05, 4.69) is 26.1 Å². The number of non-ortho nitro benzene ring substituents is 1. The van der Waals surface area contributed by atoms with E-state index in [0.29, 0.717) is 18.5 Å². The van der Waals surface area contributed by atoms with Gasteiger partial charge in [0.15, 0.2) is 0 Å². The van der Waals surface area contributed by atoms with Crippen molar-refractivity contribution in [2.45, 2.75) is 39.8 Å². The van der Waals surface area contributed by atoms with Crippen LogP contribution in [0.3, 0.4) is 0 Å². The number of benzene rings is 1. The highest BCUT2D eigenvalue weighted by Gasteiger charge is 2.07. The summed E-state index contributed by atoms with van der Waals surface area (Å²) in [4.78, 5) is 10.3. The molecule has 94 valence electrons. The molecule has 0 spiro atoms. The van der Waals surface area contributed by atoms with Crippen molar-refractivity contribution in [1.82, 2.24) is 5.32 Å². The number of nitro groups is 1. The van der Waals surface area contributed by atoms with E-state index in [0.717, 1.165) is 12.0 Å². The molecule has 0 fully saturated rings. The Hall–Kier alpha value is -1.42. The summed E-state index contributed by atoms with van der Waals surface area (Å²) in [7, 11) is 0. The van der Waals surface area contributed by atoms with E-state index >= 15 is 0 Å². The second kappa shape index (κ2) is 6.35. The molecular formula is C13H20N2O2. The van der Waals surface area contributed by atoms with Gasteiger partial charge in [-0.15, -0.1) is 0 Å². The monoisotopic (exact) mass is 236 g/mol. The van der Waals surface area contributed by atoms with Crippen molar-refractivity contribution in [3.63, 3.8) is 0 Å². The van der Waals surface area contributed by atoms with Crippen LogP contribution in [0.2, 0.25) is 0 Å². The first-order valence-electron chi connectivity index (χ1n) is 5.95. The van der Waals surface area contributed by atoms with E-state index in [1.807, 2.05) is 6.07 Å². The van der Waals surface area contributed by atoms with Gasteiger partial charge in [0.1, 0.15) is 0 Å². The van der Waals surface area contributed by atoms with Gasteiger partial charge in [-0.2, -0.15) is 0 Å². The molecule has 0 aliphatic carbocycles. The van der Waals surface area contributed by atoms with Crippen LogP contribution in [0.15, 0.2) is 24.3 Å². The van der Waals surface area contributed by atoms with Gasteiger partial charge in [-0.1, -0.05) is 26.0 Å². The Bertz CT molecular complexity index is 377. The third-order valence-corrected chi connectivity index (χ3v) is 2.60. The molecule has 1 atom stereocenters. The molecule has 1 rings (SSSR count). The van der Waals surface area contributed by atoms with Crippen LogP contribution in [0, 0.1) is 16.0 Å². The number of nitro benzene ring substituents is 1. The Morgan fingerprint density at radius 2 is 2.06 bits per heavy atom. The smallest absolute Gasteiger partial charge is 0.269 e. The molecule has 0 heterocycles. The van der Waals surface area contributed by atoms with E-state index in [1.165, 1.54) is 6.07 Å². The van der Waals surface area contributed by atoms with E-state index in [4.69, 9.17) is 0 Å². The minimum absolute atomic E-state index is 0.154. The average molecular weight is 236 g/mol. The maximum Gasteiger partial charge on any atom is 0.269 e. The topological polar surface area (TPSA) is 55.2 Å². The number of nitrogens with one attached hydrogen (secondary N) is 1. The van der Waals surface area contributed by atoms with Gasteiger partial charge in [-0.25, -0.2) is 0 Å². The zero-order chi connectivity index (χ0) is 12.8. The number of hydrogen-bond acceptors (Lipinski definition) is 3. The fourth-order valence-electron chi connectivity index (χ4n) is 1.86. The van der Waals surface area contributed by atoms with Crippen LogP contribution < -0.4 is 5.32 Å². The third kappa shape index (κ3) is 4.95. The predicted molar refractivity (Wildman–Crippen MR) is 68.9 cm³/mol. The summed E-state index contributed by atoms with van der Waals surface area (Å²) in [6.45, 7) is 7.18. The van der Waals surface area contributed by atoms with Crippen molar-refractivity contribution in [1.29, 1.82) is 0 Å². The van der Waals surface area contributed by atoms with Gasteiger partial charge >= 0.3 is 0 Å². The first kappa shape index (κ1) is 13.6. The lowest BCUT2D eigenvalue weighted by atomic mass is 10.0. The molecule has 0 bridgehead atoms. The van der Waals surface area contributed by atoms with Gasteiger partial charge < -0.3 is 5.32 Å². The number of hydrogen-bond donors (Lipinski definition) is 1. The molecule has 17 heavy (non-hydrogen) atoms. The van der Waals surface area contributed by atoms with Gasteiger partial charge in [-0.05, 0) is 24.8 Å². The van der Waals surface area contributed by atoms with E-state index in [1.54, 1.807) is 12.1 Å². The molecule has 0 amide bonds. The van der Waals surface area contributed by atoms with Gasteiger partial charge in [0.2, 0.25) is 0 Å². The van der Waals surface area contributed by atoms with Crippen LogP contribution in [0.5, 0.6) is 0 Å². The van der Waals surface area contributed by atoms with Crippen molar-refractivity contribution < 1.29 is 4.92 Å². The molecule has 0 aliphatic rings. The summed E-state index contributed by atoms with van der Waals surface area (Å²) in [5, 5.41) is 14.0. The zero-order valence-electron chi connectivity index (χ0n) is 10.6. The second-order valence-electron chi connectivity index (χ2n) is 4.84. The van der Waals surface area contributed by atoms with Crippen LogP contribution in [0.4, 0.5) is 5.69 Å². The summed E-state index contributed by atoms with van der Waals surface area (Å²) in [5.41, 5.74) is 1.11. The maximum absolute atomic E-state index is 10.6. The Morgan fingerprint density at radius 1 is 1.35 bits per heavy atom. The summed E-state index contributed by atoms with van der Waals surface area (Å²) in [6, 6.07) is 7.19. The van der Waals surface area contributed by atoms with E-state index < -0.39 is 0 Å². The van der Waals surface area contributed by atoms with Gasteiger partial charge in [0.25, 0.3) is 5.69 Å². The van der Waals surface area contributed by atoms with Crippen LogP contribution >= 0.6 is 0 Å². The van der Waals surface area contributed by atoms with Gasteiger partial charge in [-0.3, -0.25) is 10.1 Å². The highest BCUT2D eigenvalue weighted by molar-refractivity contribution is 5.34. The number of nitrogens with zero attached hydrogens (tertiary/aromatic N) is 1. The summed E-state index contributed by atoms with van der Waals surface area (Å²) in [5.74, 6) is 0.655. The van der Waals surface area contributed by atoms with E-state index in [9.17, 15) is 10.1 Å². The van der Waals surface area contributed by atoms with Gasteiger partial charge in [0.05, 0.1) is 4.92 Å². The Kier molecular flexibility index (Phi) is 5.10. The summed E-state index contributed by atoms with van der Waals surface area (Å²) < 4.78 is 0. The molecule has 0 saturated carbocycles. The molecule has 0 radical (unpaired) electrons. The zero-order valence-corrected chi connectivity index (χ0v) is 10.6. The van der Waals surface area contributed by atoms with Crippen LogP contribution in [0.25, 0.3) is 0 Å². The van der Waals surface area contributed by atoms with Crippen molar-refractivity contribution in [3.05, 3.63) is 39.9 Å². The highest BCUT2D eigenvalue weighted by Crippen LogP contribution is 2.13. The molecule has 4 nitrogen and oxygen atoms in total. The Morgan fingerprint density at radius 3 is 2.65 bits per heavy atom. The Balaban J connectivity index is 2.51. The minimum Gasteiger partial charge on any atom is -0.310 e. The lowest BCUT2D eigenvalue weighted by Crippen LogP contribution is -2.26. The van der Waals surface area contributed by atoms with Crippen LogP contribution in [-0.4, -0.2) is 11.0 Å². The maximum atomic E-state index is 10.6. The summed E-state index contributed by atoms with van der Waals surface area (Å²) in [6.07, 6.45) is 1.11. The SMILES string of the molecule is CC(C)CC(C)NCc1cccc([N+](=O)[O-])c1. The fraction of sp³-hybridized carbons (Fsp3) is 0.538. The van der Waals surface area contributed by atoms with Crippen molar-refractivity contribution in [3.8, 4) is 0 Å². The normalized spacial score (nSPS) is 12.7. The van der Waals surface area contributed by atoms with Gasteiger partial charge in [0, 0.05) is 24.7 Å². The molecule has 1 unspecified atom stereocenters. The first-order chi connectivity index (χ1) is 7.99. The molecule has 4 heteroatoms. The second-order valence-corrected chi connectivity index (χ2v) is 4.84. The molecule has 0 aliphatic heterocycles. The number of rotatable bonds is 6. The minimum atomic E-state index is -0.360. The predicted octanol–water partition coefficient (Wildman–Crippen LogP) is 3.12. The van der Waals surface area contributed by atoms with Crippen LogP contribution in [0.1, 0.15) is 32.8 Å². The molecular weight excluding hydrogens is 216 g/mol. The molecule has 0 aromatic heterocycles. The lowest BCUT2D eigenvalue weighted by molar-refractivity contribution is -0.384. The van der Waals surface area contributed by atoms with Crippen molar-refractivity contribution in [2.75, 3.05) is 0 Å². The first-order valence-corrected chi connectivity index (χ1v) is 5.95. The standard InChI is InChI=1S/C13H20N2O2/c1-10(2)7-11(3)14-9-12-5-4-6-13(8-12)15(16)17/h4-6,8,10-11,14H,7,9H2,1-3H3. The average Bonchev–Trinajstić information content (AvgIpc) is 2.26. The van der Waals surface area contributed by atoms with E-state index in [-0.39, 0.29) is 10.6 Å². The molecule has 0 saturated heterocycles. The fourth-order valence-corrected chi connectivity index (χ4v) is 1.86. The molecule has 1 aromatic carbocycles. The largest absolute Gasteiger partial charge is 0.310 e.